The molecule has 0 aromatic heterocycles. The van der Waals surface area contributed by atoms with Gasteiger partial charge in [-0.15, -0.1) is 0 Å². The third-order valence-electron chi connectivity index (χ3n) is 2.66. The summed E-state index contributed by atoms with van der Waals surface area (Å²) in [5.74, 6) is -0.107. The number of ether oxygens (including phenoxy) is 2. The maximum Gasteiger partial charge on any atom is 0.306 e. The van der Waals surface area contributed by atoms with Gasteiger partial charge >= 0.3 is 5.97 Å². The van der Waals surface area contributed by atoms with Crippen molar-refractivity contribution in [1.82, 2.24) is 0 Å². The van der Waals surface area contributed by atoms with Crippen molar-refractivity contribution in [2.75, 3.05) is 13.2 Å². The van der Waals surface area contributed by atoms with Crippen LogP contribution in [0.2, 0.25) is 0 Å². The van der Waals surface area contributed by atoms with Crippen LogP contribution < -0.4 is 9.47 Å². The van der Waals surface area contributed by atoms with Crippen molar-refractivity contribution in [2.45, 2.75) is 18.6 Å². The number of rotatable bonds is 4. The van der Waals surface area contributed by atoms with Gasteiger partial charge in [0, 0.05) is 0 Å². The van der Waals surface area contributed by atoms with Gasteiger partial charge in [0.1, 0.15) is 19.3 Å². The molecule has 0 saturated carbocycles. The molecular weight excluding hydrogens is 240 g/mol. The topological polar surface area (TPSA) is 96.2 Å². The summed E-state index contributed by atoms with van der Waals surface area (Å²) >= 11 is 0. The lowest BCUT2D eigenvalue weighted by Gasteiger charge is -2.21. The highest BCUT2D eigenvalue weighted by Crippen LogP contribution is 2.33. The highest BCUT2D eigenvalue weighted by molar-refractivity contribution is 5.67. The second kappa shape index (κ2) is 5.24. The van der Waals surface area contributed by atoms with Gasteiger partial charge in [0.25, 0.3) is 0 Å². The Labute approximate surface area is 103 Å². The van der Waals surface area contributed by atoms with Crippen LogP contribution in [0.1, 0.15) is 18.1 Å². The van der Waals surface area contributed by atoms with E-state index in [4.69, 9.17) is 14.6 Å². The SMILES string of the molecule is O=C(O)CC(O)C(O)c1ccc2c(c1)OCCO2. The molecule has 1 aromatic rings. The maximum atomic E-state index is 10.5. The van der Waals surface area contributed by atoms with E-state index in [1.165, 1.54) is 0 Å². The summed E-state index contributed by atoms with van der Waals surface area (Å²) in [6, 6.07) is 4.74. The van der Waals surface area contributed by atoms with Gasteiger partial charge in [-0.1, -0.05) is 6.07 Å². The van der Waals surface area contributed by atoms with E-state index >= 15 is 0 Å². The first-order chi connectivity index (χ1) is 8.58. The largest absolute Gasteiger partial charge is 0.486 e. The van der Waals surface area contributed by atoms with E-state index in [-0.39, 0.29) is 0 Å². The molecule has 0 radical (unpaired) electrons. The van der Waals surface area contributed by atoms with Crippen molar-refractivity contribution in [3.05, 3.63) is 23.8 Å². The summed E-state index contributed by atoms with van der Waals surface area (Å²) in [7, 11) is 0. The predicted molar refractivity (Wildman–Crippen MR) is 60.7 cm³/mol. The van der Waals surface area contributed by atoms with Gasteiger partial charge in [-0.05, 0) is 17.7 Å². The third kappa shape index (κ3) is 2.72. The number of aliphatic hydroxyl groups excluding tert-OH is 2. The van der Waals surface area contributed by atoms with Crippen LogP contribution in [0.3, 0.4) is 0 Å². The van der Waals surface area contributed by atoms with Gasteiger partial charge in [0.2, 0.25) is 0 Å². The van der Waals surface area contributed by atoms with Gasteiger partial charge in [-0.25, -0.2) is 0 Å². The maximum absolute atomic E-state index is 10.5. The quantitative estimate of drug-likeness (QED) is 0.716. The van der Waals surface area contributed by atoms with E-state index < -0.39 is 24.6 Å². The van der Waals surface area contributed by atoms with Crippen molar-refractivity contribution in [1.29, 1.82) is 0 Å². The van der Waals surface area contributed by atoms with Crippen LogP contribution in [0.15, 0.2) is 18.2 Å². The molecule has 98 valence electrons. The van der Waals surface area contributed by atoms with Gasteiger partial charge in [-0.2, -0.15) is 0 Å². The third-order valence-corrected chi connectivity index (χ3v) is 2.66. The highest BCUT2D eigenvalue weighted by atomic mass is 16.6. The van der Waals surface area contributed by atoms with Gasteiger partial charge < -0.3 is 24.8 Å². The van der Waals surface area contributed by atoms with Crippen LogP contribution in [0.5, 0.6) is 11.5 Å². The number of carbonyl (C=O) groups is 1. The zero-order valence-corrected chi connectivity index (χ0v) is 9.57. The molecule has 6 heteroatoms. The van der Waals surface area contributed by atoms with E-state index in [1.54, 1.807) is 18.2 Å². The molecule has 6 nitrogen and oxygen atoms in total. The Morgan fingerprint density at radius 2 is 1.89 bits per heavy atom. The number of benzene rings is 1. The summed E-state index contributed by atoms with van der Waals surface area (Å²) in [6.07, 6.45) is -3.14. The molecule has 3 N–H and O–H groups in total. The molecule has 2 unspecified atom stereocenters. The van der Waals surface area contributed by atoms with E-state index in [0.29, 0.717) is 30.3 Å². The van der Waals surface area contributed by atoms with Crippen molar-refractivity contribution in [2.24, 2.45) is 0 Å². The molecule has 0 aliphatic carbocycles. The molecule has 2 rings (SSSR count). The standard InChI is InChI=1S/C12H14O6/c13-8(6-11(14)15)12(16)7-1-2-9-10(5-7)18-4-3-17-9/h1-2,5,8,12-13,16H,3-4,6H2,(H,14,15). The number of hydrogen-bond acceptors (Lipinski definition) is 5. The minimum atomic E-state index is -1.36. The molecule has 1 heterocycles. The van der Waals surface area contributed by atoms with Crippen LogP contribution in [0.4, 0.5) is 0 Å². The minimum absolute atomic E-state index is 0.396. The van der Waals surface area contributed by atoms with Crippen molar-refractivity contribution >= 4 is 5.97 Å². The molecule has 1 aliphatic rings. The minimum Gasteiger partial charge on any atom is -0.486 e. The zero-order chi connectivity index (χ0) is 13.1. The summed E-state index contributed by atoms with van der Waals surface area (Å²) in [5, 5.41) is 27.9. The van der Waals surface area contributed by atoms with E-state index in [9.17, 15) is 15.0 Å². The smallest absolute Gasteiger partial charge is 0.306 e. The van der Waals surface area contributed by atoms with Crippen LogP contribution in [0, 0.1) is 0 Å². The number of carboxylic acid groups (broad SMARTS) is 1. The molecule has 0 saturated heterocycles. The van der Waals surface area contributed by atoms with Crippen molar-refractivity contribution < 1.29 is 29.6 Å². The molecule has 0 bridgehead atoms. The van der Waals surface area contributed by atoms with E-state index in [2.05, 4.69) is 0 Å². The van der Waals surface area contributed by atoms with Crippen LogP contribution in [-0.2, 0) is 4.79 Å². The molecule has 0 spiro atoms. The Balaban J connectivity index is 2.15. The first kappa shape index (κ1) is 12.7. The zero-order valence-electron chi connectivity index (χ0n) is 9.57. The molecule has 2 atom stereocenters. The average molecular weight is 254 g/mol. The van der Waals surface area contributed by atoms with Crippen LogP contribution in [0.25, 0.3) is 0 Å². The number of hydrogen-bond donors (Lipinski definition) is 3. The summed E-state index contributed by atoms with van der Waals surface area (Å²) < 4.78 is 10.7. The number of carboxylic acids is 1. The molecule has 1 aliphatic heterocycles. The lowest BCUT2D eigenvalue weighted by Crippen LogP contribution is -2.22. The Hall–Kier alpha value is -1.79. The summed E-state index contributed by atoms with van der Waals surface area (Å²) in [5.41, 5.74) is 0.396. The predicted octanol–water partition coefficient (Wildman–Crippen LogP) is 0.327. The Kier molecular flexibility index (Phi) is 3.69. The fraction of sp³-hybridized carbons (Fsp3) is 0.417. The van der Waals surface area contributed by atoms with Crippen LogP contribution in [-0.4, -0.2) is 40.6 Å². The van der Waals surface area contributed by atoms with E-state index in [0.717, 1.165) is 0 Å². The van der Waals surface area contributed by atoms with E-state index in [1.807, 2.05) is 0 Å². The monoisotopic (exact) mass is 254 g/mol. The Morgan fingerprint density at radius 1 is 1.22 bits per heavy atom. The lowest BCUT2D eigenvalue weighted by molar-refractivity contribution is -0.141. The molecule has 0 amide bonds. The normalized spacial score (nSPS) is 17.0. The van der Waals surface area contributed by atoms with Gasteiger partial charge in [0.05, 0.1) is 12.5 Å². The van der Waals surface area contributed by atoms with Crippen molar-refractivity contribution in [3.8, 4) is 11.5 Å². The molecular formula is C12H14O6. The summed E-state index contributed by atoms with van der Waals surface area (Å²) in [4.78, 5) is 10.5. The second-order valence-electron chi connectivity index (χ2n) is 4.01. The number of fused-ring (bicyclic) bond motifs is 1. The van der Waals surface area contributed by atoms with Gasteiger partial charge in [-0.3, -0.25) is 4.79 Å². The molecule has 1 aromatic carbocycles. The Bertz CT molecular complexity index is 444. The number of aliphatic hydroxyl groups is 2. The highest BCUT2D eigenvalue weighted by Gasteiger charge is 2.23. The molecule has 18 heavy (non-hydrogen) atoms. The molecule has 0 fully saturated rings. The lowest BCUT2D eigenvalue weighted by atomic mass is 10.0. The Morgan fingerprint density at radius 3 is 2.56 bits per heavy atom. The fourth-order valence-electron chi connectivity index (χ4n) is 1.76. The first-order valence-corrected chi connectivity index (χ1v) is 5.55. The average Bonchev–Trinajstić information content (AvgIpc) is 2.36. The fourth-order valence-corrected chi connectivity index (χ4v) is 1.76. The van der Waals surface area contributed by atoms with Crippen LogP contribution >= 0.6 is 0 Å². The first-order valence-electron chi connectivity index (χ1n) is 5.55. The summed E-state index contributed by atoms with van der Waals surface area (Å²) in [6.45, 7) is 0.890. The second-order valence-corrected chi connectivity index (χ2v) is 4.01. The van der Waals surface area contributed by atoms with Gasteiger partial charge in [0.15, 0.2) is 11.5 Å². The number of aliphatic carboxylic acids is 1. The van der Waals surface area contributed by atoms with Crippen molar-refractivity contribution in [3.63, 3.8) is 0 Å².